The Morgan fingerprint density at radius 2 is 1.84 bits per heavy atom. The second-order valence-electron chi connectivity index (χ2n) is 5.78. The van der Waals surface area contributed by atoms with Crippen LogP contribution in [0.1, 0.15) is 24.5 Å². The smallest absolute Gasteiger partial charge is 0.469 e. The van der Waals surface area contributed by atoms with Gasteiger partial charge in [0.15, 0.2) is 0 Å². The van der Waals surface area contributed by atoms with Crippen molar-refractivity contribution in [1.29, 1.82) is 0 Å². The number of hydrogen-bond acceptors (Lipinski definition) is 3. The van der Waals surface area contributed by atoms with Crippen LogP contribution in [0.15, 0.2) is 47.1 Å². The normalized spacial score (nSPS) is 15.9. The summed E-state index contributed by atoms with van der Waals surface area (Å²) in [6.07, 6.45) is -1.48. The summed E-state index contributed by atoms with van der Waals surface area (Å²) in [6.45, 7) is 1.18. The predicted octanol–water partition coefficient (Wildman–Crippen LogP) is 4.59. The van der Waals surface area contributed by atoms with Gasteiger partial charge in [-0.05, 0) is 49.2 Å². The third-order valence-corrected chi connectivity index (χ3v) is 4.07. The third kappa shape index (κ3) is 4.68. The summed E-state index contributed by atoms with van der Waals surface area (Å²) < 4.78 is 45.6. The molecule has 0 spiro atoms. The van der Waals surface area contributed by atoms with Crippen molar-refractivity contribution in [3.63, 3.8) is 0 Å². The summed E-state index contributed by atoms with van der Waals surface area (Å²) in [4.78, 5) is 13.9. The molecule has 5 nitrogen and oxygen atoms in total. The number of piperidine rings is 1. The highest BCUT2D eigenvalue weighted by atomic mass is 19.4. The first-order chi connectivity index (χ1) is 11.9. The van der Waals surface area contributed by atoms with Crippen molar-refractivity contribution in [3.8, 4) is 5.75 Å². The number of rotatable bonds is 3. The quantitative estimate of drug-likeness (QED) is 0.877. The molecule has 0 bridgehead atoms. The molecule has 8 heteroatoms. The maximum absolute atomic E-state index is 12.3. The second-order valence-corrected chi connectivity index (χ2v) is 5.78. The minimum absolute atomic E-state index is 0.276. The molecule has 0 radical (unpaired) electrons. The SMILES string of the molecule is O=C(Nc1ccc(OC(F)(F)F)cc1)N1CCC(c2ccco2)CC1. The largest absolute Gasteiger partial charge is 0.573 e. The van der Waals surface area contributed by atoms with E-state index in [2.05, 4.69) is 10.1 Å². The third-order valence-electron chi connectivity index (χ3n) is 4.07. The molecule has 25 heavy (non-hydrogen) atoms. The Morgan fingerprint density at radius 3 is 2.40 bits per heavy atom. The van der Waals surface area contributed by atoms with E-state index < -0.39 is 6.36 Å². The monoisotopic (exact) mass is 354 g/mol. The summed E-state index contributed by atoms with van der Waals surface area (Å²) >= 11 is 0. The first-order valence-electron chi connectivity index (χ1n) is 7.86. The van der Waals surface area contributed by atoms with Crippen molar-refractivity contribution >= 4 is 11.7 Å². The standard InChI is InChI=1S/C17H17F3N2O3/c18-17(19,20)25-14-5-3-13(4-6-14)21-16(23)22-9-7-12(8-10-22)15-2-1-11-24-15/h1-6,11-12H,7-10H2,(H,21,23). The number of nitrogens with one attached hydrogen (secondary N) is 1. The predicted molar refractivity (Wildman–Crippen MR) is 84.4 cm³/mol. The van der Waals surface area contributed by atoms with E-state index in [1.54, 1.807) is 11.2 Å². The number of urea groups is 1. The maximum atomic E-state index is 12.3. The van der Waals surface area contributed by atoms with Crippen LogP contribution in [0.4, 0.5) is 23.7 Å². The van der Waals surface area contributed by atoms with Crippen LogP contribution in [0.3, 0.4) is 0 Å². The number of hydrogen-bond donors (Lipinski definition) is 1. The van der Waals surface area contributed by atoms with Crippen LogP contribution in [0.2, 0.25) is 0 Å². The number of ether oxygens (including phenoxy) is 1. The first kappa shape index (κ1) is 17.2. The number of alkyl halides is 3. The summed E-state index contributed by atoms with van der Waals surface area (Å²) in [5.74, 6) is 0.905. The van der Waals surface area contributed by atoms with Gasteiger partial charge < -0.3 is 19.4 Å². The van der Waals surface area contributed by atoms with Crippen LogP contribution in [-0.2, 0) is 0 Å². The molecule has 0 aliphatic carbocycles. The number of benzene rings is 1. The van der Waals surface area contributed by atoms with Gasteiger partial charge in [0.2, 0.25) is 0 Å². The van der Waals surface area contributed by atoms with E-state index in [9.17, 15) is 18.0 Å². The van der Waals surface area contributed by atoms with Gasteiger partial charge in [-0.1, -0.05) is 0 Å². The zero-order valence-corrected chi connectivity index (χ0v) is 13.3. The van der Waals surface area contributed by atoms with Crippen molar-refractivity contribution in [3.05, 3.63) is 48.4 Å². The summed E-state index contributed by atoms with van der Waals surface area (Å²) in [5, 5.41) is 2.68. The Bertz CT molecular complexity index is 691. The van der Waals surface area contributed by atoms with Crippen molar-refractivity contribution in [2.24, 2.45) is 0 Å². The van der Waals surface area contributed by atoms with E-state index in [1.165, 1.54) is 12.1 Å². The molecule has 1 aliphatic rings. The molecule has 0 unspecified atom stereocenters. The number of carbonyl (C=O) groups excluding carboxylic acids is 1. The number of furan rings is 1. The second kappa shape index (κ2) is 7.08. The molecule has 1 fully saturated rings. The molecule has 2 aromatic rings. The lowest BCUT2D eigenvalue weighted by atomic mass is 9.94. The highest BCUT2D eigenvalue weighted by molar-refractivity contribution is 5.89. The minimum Gasteiger partial charge on any atom is -0.469 e. The molecule has 0 saturated carbocycles. The van der Waals surface area contributed by atoms with E-state index in [1.807, 2.05) is 12.1 Å². The highest BCUT2D eigenvalue weighted by Gasteiger charge is 2.31. The Hall–Kier alpha value is -2.64. The van der Waals surface area contributed by atoms with Crippen LogP contribution < -0.4 is 10.1 Å². The average Bonchev–Trinajstić information content (AvgIpc) is 3.10. The number of likely N-dealkylation sites (tertiary alicyclic amines) is 1. The van der Waals surface area contributed by atoms with Crippen LogP contribution in [0.25, 0.3) is 0 Å². The lowest BCUT2D eigenvalue weighted by Crippen LogP contribution is -2.40. The van der Waals surface area contributed by atoms with Gasteiger partial charge in [0.1, 0.15) is 11.5 Å². The van der Waals surface area contributed by atoms with Crippen molar-refractivity contribution in [1.82, 2.24) is 4.90 Å². The molecule has 1 aromatic heterocycles. The van der Waals surface area contributed by atoms with E-state index in [0.29, 0.717) is 24.7 Å². The molecule has 3 rings (SSSR count). The van der Waals surface area contributed by atoms with Gasteiger partial charge in [-0.25, -0.2) is 4.79 Å². The zero-order valence-electron chi connectivity index (χ0n) is 13.3. The fraction of sp³-hybridized carbons (Fsp3) is 0.353. The van der Waals surface area contributed by atoms with Crippen LogP contribution in [0, 0.1) is 0 Å². The molecule has 2 heterocycles. The molecule has 1 saturated heterocycles. The number of nitrogens with zero attached hydrogens (tertiary/aromatic N) is 1. The number of anilines is 1. The van der Waals surface area contributed by atoms with E-state index in [4.69, 9.17) is 4.42 Å². The van der Waals surface area contributed by atoms with Gasteiger partial charge in [-0.15, -0.1) is 13.2 Å². The number of carbonyl (C=O) groups is 1. The summed E-state index contributed by atoms with van der Waals surface area (Å²) in [5.41, 5.74) is 0.410. The maximum Gasteiger partial charge on any atom is 0.573 e. The van der Waals surface area contributed by atoms with Gasteiger partial charge in [0.25, 0.3) is 0 Å². The highest BCUT2D eigenvalue weighted by Crippen LogP contribution is 2.29. The van der Waals surface area contributed by atoms with Gasteiger partial charge >= 0.3 is 12.4 Å². The minimum atomic E-state index is -4.73. The van der Waals surface area contributed by atoms with Gasteiger partial charge in [0.05, 0.1) is 6.26 Å². The van der Waals surface area contributed by atoms with Crippen LogP contribution >= 0.6 is 0 Å². The molecule has 2 amide bonds. The van der Waals surface area contributed by atoms with Crippen LogP contribution in [-0.4, -0.2) is 30.4 Å². The molecule has 1 N–H and O–H groups in total. The number of halogens is 3. The topological polar surface area (TPSA) is 54.7 Å². The van der Waals surface area contributed by atoms with Crippen molar-refractivity contribution in [2.75, 3.05) is 18.4 Å². The molecule has 1 aliphatic heterocycles. The van der Waals surface area contributed by atoms with E-state index in [0.717, 1.165) is 30.7 Å². The van der Waals surface area contributed by atoms with E-state index >= 15 is 0 Å². The lowest BCUT2D eigenvalue weighted by Gasteiger charge is -2.31. The van der Waals surface area contributed by atoms with Crippen molar-refractivity contribution in [2.45, 2.75) is 25.1 Å². The van der Waals surface area contributed by atoms with E-state index in [-0.39, 0.29) is 11.8 Å². The fourth-order valence-corrected chi connectivity index (χ4v) is 2.83. The first-order valence-corrected chi connectivity index (χ1v) is 7.86. The molecule has 134 valence electrons. The average molecular weight is 354 g/mol. The Balaban J connectivity index is 1.51. The van der Waals surface area contributed by atoms with Gasteiger partial charge in [-0.3, -0.25) is 0 Å². The Labute approximate surface area is 142 Å². The molecule has 1 aromatic carbocycles. The molecule has 0 atom stereocenters. The number of amides is 2. The Kier molecular flexibility index (Phi) is 4.87. The summed E-state index contributed by atoms with van der Waals surface area (Å²) in [7, 11) is 0. The zero-order chi connectivity index (χ0) is 17.9. The van der Waals surface area contributed by atoms with Crippen LogP contribution in [0.5, 0.6) is 5.75 Å². The summed E-state index contributed by atoms with van der Waals surface area (Å²) in [6, 6.07) is 8.56. The molecular weight excluding hydrogens is 337 g/mol. The van der Waals surface area contributed by atoms with Gasteiger partial charge in [-0.2, -0.15) is 0 Å². The fourth-order valence-electron chi connectivity index (χ4n) is 2.83. The lowest BCUT2D eigenvalue weighted by molar-refractivity contribution is -0.274. The van der Waals surface area contributed by atoms with Gasteiger partial charge in [0, 0.05) is 24.7 Å². The molecular formula is C17H17F3N2O3. The Morgan fingerprint density at radius 1 is 1.16 bits per heavy atom. The van der Waals surface area contributed by atoms with Crippen molar-refractivity contribution < 1.29 is 27.1 Å².